The molecule has 1 N–H and O–H groups in total. The Morgan fingerprint density at radius 1 is 1.50 bits per heavy atom. The topological polar surface area (TPSA) is 21.3 Å². The lowest BCUT2D eigenvalue weighted by Gasteiger charge is -2.03. The van der Waals surface area contributed by atoms with E-state index in [4.69, 9.17) is 16.3 Å². The van der Waals surface area contributed by atoms with Gasteiger partial charge in [-0.05, 0) is 6.07 Å². The molecule has 1 aromatic carbocycles. The minimum atomic E-state index is 0.616. The Morgan fingerprint density at radius 2 is 2.25 bits per heavy atom. The van der Waals surface area contributed by atoms with Crippen LogP contribution in [0.2, 0.25) is 0 Å². The van der Waals surface area contributed by atoms with Gasteiger partial charge in [0.15, 0.2) is 0 Å². The first-order valence-corrected chi connectivity index (χ1v) is 5.45. The van der Waals surface area contributed by atoms with Crippen molar-refractivity contribution in [1.29, 1.82) is 0 Å². The largest absolute Gasteiger partial charge is 0.496 e. The first-order valence-electron chi connectivity index (χ1n) is 5.07. The molecule has 0 aliphatic heterocycles. The van der Waals surface area contributed by atoms with Crippen molar-refractivity contribution in [1.82, 2.24) is 5.32 Å². The summed E-state index contributed by atoms with van der Waals surface area (Å²) in [5.41, 5.74) is 1.07. The average molecular weight is 238 g/mol. The summed E-state index contributed by atoms with van der Waals surface area (Å²) < 4.78 is 5.23. The molecule has 0 aromatic heterocycles. The van der Waals surface area contributed by atoms with E-state index in [1.54, 1.807) is 7.11 Å². The molecule has 0 heterocycles. The number of halogens is 1. The van der Waals surface area contributed by atoms with Crippen LogP contribution in [0.3, 0.4) is 0 Å². The van der Waals surface area contributed by atoms with Crippen molar-refractivity contribution in [2.75, 3.05) is 20.2 Å². The van der Waals surface area contributed by atoms with Crippen molar-refractivity contribution in [2.24, 2.45) is 0 Å². The van der Waals surface area contributed by atoms with Gasteiger partial charge in [0.2, 0.25) is 0 Å². The van der Waals surface area contributed by atoms with Gasteiger partial charge in [0, 0.05) is 23.7 Å². The summed E-state index contributed by atoms with van der Waals surface area (Å²) in [4.78, 5) is 0. The molecule has 0 saturated carbocycles. The van der Waals surface area contributed by atoms with Crippen molar-refractivity contribution in [3.63, 3.8) is 0 Å². The molecule has 0 aliphatic carbocycles. The van der Waals surface area contributed by atoms with E-state index in [2.05, 4.69) is 11.9 Å². The first-order chi connectivity index (χ1) is 7.74. The van der Waals surface area contributed by atoms with Crippen LogP contribution in [0.1, 0.15) is 5.56 Å². The van der Waals surface area contributed by atoms with E-state index in [-0.39, 0.29) is 0 Å². The normalized spacial score (nSPS) is 10.6. The zero-order chi connectivity index (χ0) is 11.8. The number of hydrogen-bond donors (Lipinski definition) is 1. The predicted molar refractivity (Wildman–Crippen MR) is 69.9 cm³/mol. The highest BCUT2D eigenvalue weighted by Crippen LogP contribution is 2.18. The molecule has 2 nitrogen and oxygen atoms in total. The monoisotopic (exact) mass is 237 g/mol. The van der Waals surface area contributed by atoms with Crippen LogP contribution in [0, 0.1) is 0 Å². The number of rotatable bonds is 6. The van der Waals surface area contributed by atoms with Crippen LogP contribution < -0.4 is 10.1 Å². The second-order valence-electron chi connectivity index (χ2n) is 3.29. The number of hydrogen-bond acceptors (Lipinski definition) is 2. The van der Waals surface area contributed by atoms with Gasteiger partial charge in [0.05, 0.1) is 7.11 Å². The van der Waals surface area contributed by atoms with Gasteiger partial charge in [-0.15, -0.1) is 0 Å². The van der Waals surface area contributed by atoms with Crippen LogP contribution in [-0.4, -0.2) is 20.2 Å². The molecule has 0 amide bonds. The van der Waals surface area contributed by atoms with Gasteiger partial charge in [0.1, 0.15) is 5.75 Å². The van der Waals surface area contributed by atoms with Gasteiger partial charge in [-0.2, -0.15) is 0 Å². The fourth-order valence-corrected chi connectivity index (χ4v) is 1.38. The zero-order valence-electron chi connectivity index (χ0n) is 9.37. The molecule has 0 fully saturated rings. The molecule has 0 unspecified atom stereocenters. The molecule has 0 saturated heterocycles. The third-order valence-electron chi connectivity index (χ3n) is 2.02. The van der Waals surface area contributed by atoms with Gasteiger partial charge < -0.3 is 10.1 Å². The minimum absolute atomic E-state index is 0.616. The first kappa shape index (κ1) is 12.8. The molecule has 0 spiro atoms. The molecular formula is C13H16ClNO. The summed E-state index contributed by atoms with van der Waals surface area (Å²) in [6.07, 6.45) is 4.04. The standard InChI is InChI=1S/C13H16ClNO/c1-11(14)10-15-9-5-7-12-6-3-4-8-13(12)16-2/h3-8,15H,1,9-10H2,2H3/b7-5+. The lowest BCUT2D eigenvalue weighted by atomic mass is 10.2. The smallest absolute Gasteiger partial charge is 0.126 e. The predicted octanol–water partition coefficient (Wildman–Crippen LogP) is 3.05. The van der Waals surface area contributed by atoms with Crippen LogP contribution in [0.4, 0.5) is 0 Å². The second kappa shape index (κ2) is 7.09. The van der Waals surface area contributed by atoms with Gasteiger partial charge >= 0.3 is 0 Å². The van der Waals surface area contributed by atoms with Crippen LogP contribution in [0.15, 0.2) is 42.0 Å². The highest BCUT2D eigenvalue weighted by atomic mass is 35.5. The van der Waals surface area contributed by atoms with Crippen LogP contribution in [-0.2, 0) is 0 Å². The zero-order valence-corrected chi connectivity index (χ0v) is 10.1. The lowest BCUT2D eigenvalue weighted by Crippen LogP contribution is -2.14. The summed E-state index contributed by atoms with van der Waals surface area (Å²) in [7, 11) is 1.67. The van der Waals surface area contributed by atoms with E-state index >= 15 is 0 Å². The molecular weight excluding hydrogens is 222 g/mol. The molecule has 0 radical (unpaired) electrons. The number of ether oxygens (including phenoxy) is 1. The number of para-hydroxylation sites is 1. The highest BCUT2D eigenvalue weighted by molar-refractivity contribution is 6.29. The van der Waals surface area contributed by atoms with E-state index in [9.17, 15) is 0 Å². The average Bonchev–Trinajstić information content (AvgIpc) is 2.29. The third-order valence-corrected chi connectivity index (χ3v) is 2.15. The second-order valence-corrected chi connectivity index (χ2v) is 3.83. The van der Waals surface area contributed by atoms with Gasteiger partial charge in [0.25, 0.3) is 0 Å². The van der Waals surface area contributed by atoms with Crippen molar-refractivity contribution >= 4 is 17.7 Å². The van der Waals surface area contributed by atoms with E-state index in [0.717, 1.165) is 17.9 Å². The Kier molecular flexibility index (Phi) is 5.68. The fraction of sp³-hybridized carbons (Fsp3) is 0.231. The molecule has 1 aromatic rings. The Balaban J connectivity index is 2.46. The third kappa shape index (κ3) is 4.51. The van der Waals surface area contributed by atoms with E-state index < -0.39 is 0 Å². The summed E-state index contributed by atoms with van der Waals surface area (Å²) >= 11 is 5.62. The van der Waals surface area contributed by atoms with Gasteiger partial charge in [-0.1, -0.05) is 48.5 Å². The van der Waals surface area contributed by atoms with Crippen molar-refractivity contribution in [2.45, 2.75) is 0 Å². The van der Waals surface area contributed by atoms with E-state index in [1.165, 1.54) is 0 Å². The summed E-state index contributed by atoms with van der Waals surface area (Å²) in [6.45, 7) is 4.97. The summed E-state index contributed by atoms with van der Waals surface area (Å²) in [5, 5.41) is 3.75. The Morgan fingerprint density at radius 3 is 2.94 bits per heavy atom. The summed E-state index contributed by atoms with van der Waals surface area (Å²) in [6, 6.07) is 7.88. The van der Waals surface area contributed by atoms with Gasteiger partial charge in [-0.3, -0.25) is 0 Å². The Bertz CT molecular complexity index is 374. The molecule has 1 rings (SSSR count). The van der Waals surface area contributed by atoms with Crippen molar-refractivity contribution < 1.29 is 4.74 Å². The maximum Gasteiger partial charge on any atom is 0.126 e. The molecule has 3 heteroatoms. The van der Waals surface area contributed by atoms with Crippen molar-refractivity contribution in [3.05, 3.63) is 47.5 Å². The quantitative estimate of drug-likeness (QED) is 0.768. The number of benzene rings is 1. The van der Waals surface area contributed by atoms with Crippen molar-refractivity contribution in [3.8, 4) is 5.75 Å². The Labute approximate surface area is 102 Å². The van der Waals surface area contributed by atoms with Crippen LogP contribution >= 0.6 is 11.6 Å². The maximum absolute atomic E-state index is 5.62. The maximum atomic E-state index is 5.62. The SMILES string of the molecule is C=C(Cl)CNC/C=C/c1ccccc1OC. The number of nitrogens with one attached hydrogen (secondary N) is 1. The number of methoxy groups -OCH3 is 1. The highest BCUT2D eigenvalue weighted by Gasteiger charge is 1.95. The van der Waals surface area contributed by atoms with Gasteiger partial charge in [-0.25, -0.2) is 0 Å². The molecule has 0 atom stereocenters. The summed E-state index contributed by atoms with van der Waals surface area (Å²) in [5.74, 6) is 0.875. The van der Waals surface area contributed by atoms with Crippen LogP contribution in [0.25, 0.3) is 6.08 Å². The fourth-order valence-electron chi connectivity index (χ4n) is 1.28. The lowest BCUT2D eigenvalue weighted by molar-refractivity contribution is 0.414. The Hall–Kier alpha value is -1.25. The molecule has 86 valence electrons. The van der Waals surface area contributed by atoms with E-state index in [0.29, 0.717) is 11.6 Å². The molecule has 0 aliphatic rings. The van der Waals surface area contributed by atoms with Crippen LogP contribution in [0.5, 0.6) is 5.75 Å². The minimum Gasteiger partial charge on any atom is -0.496 e. The molecule has 0 bridgehead atoms. The van der Waals surface area contributed by atoms with E-state index in [1.807, 2.05) is 36.4 Å². The molecule has 16 heavy (non-hydrogen) atoms.